The summed E-state index contributed by atoms with van der Waals surface area (Å²) in [6.07, 6.45) is 2.28. The lowest BCUT2D eigenvalue weighted by Gasteiger charge is -2.35. The van der Waals surface area contributed by atoms with Gasteiger partial charge in [-0.05, 0) is 71.3 Å². The van der Waals surface area contributed by atoms with Crippen LogP contribution in [-0.4, -0.2) is 17.7 Å². The monoisotopic (exact) mass is 424 g/mol. The largest absolute Gasteiger partial charge is 0.322 e. The van der Waals surface area contributed by atoms with E-state index in [4.69, 9.17) is 0 Å². The lowest BCUT2D eigenvalue weighted by atomic mass is 9.72. The first-order valence-corrected chi connectivity index (χ1v) is 11.0. The quantitative estimate of drug-likeness (QED) is 0.471. The summed E-state index contributed by atoms with van der Waals surface area (Å²) in [5, 5.41) is 5.42. The first-order chi connectivity index (χ1) is 15.5. The Hall–Kier alpha value is -3.73. The summed E-state index contributed by atoms with van der Waals surface area (Å²) >= 11 is 0. The molecule has 2 N–H and O–H groups in total. The average molecular weight is 425 g/mol. The predicted molar refractivity (Wildman–Crippen MR) is 123 cm³/mol. The van der Waals surface area contributed by atoms with Gasteiger partial charge < -0.3 is 5.32 Å². The zero-order valence-corrected chi connectivity index (χ0v) is 17.9. The number of hydrogen-bond donors (Lipinski definition) is 2. The van der Waals surface area contributed by atoms with Gasteiger partial charge in [0.1, 0.15) is 0 Å². The highest BCUT2D eigenvalue weighted by molar-refractivity contribution is 6.05. The minimum absolute atomic E-state index is 0.164. The van der Waals surface area contributed by atoms with Crippen LogP contribution in [0.1, 0.15) is 53.2 Å². The van der Waals surface area contributed by atoms with Gasteiger partial charge in [0.25, 0.3) is 5.91 Å². The van der Waals surface area contributed by atoms with Crippen molar-refractivity contribution in [2.24, 2.45) is 0 Å². The highest BCUT2D eigenvalue weighted by Crippen LogP contribution is 2.38. The highest BCUT2D eigenvalue weighted by atomic mass is 16.2. The van der Waals surface area contributed by atoms with Crippen LogP contribution in [0.5, 0.6) is 0 Å². The van der Waals surface area contributed by atoms with Crippen molar-refractivity contribution in [2.75, 3.05) is 5.32 Å². The molecule has 3 aromatic carbocycles. The van der Waals surface area contributed by atoms with Crippen molar-refractivity contribution in [1.29, 1.82) is 0 Å². The smallest absolute Gasteiger partial charge is 0.255 e. The molecule has 3 amide bonds. The van der Waals surface area contributed by atoms with E-state index in [1.165, 1.54) is 16.7 Å². The first kappa shape index (κ1) is 20.2. The van der Waals surface area contributed by atoms with Gasteiger partial charge in [0.2, 0.25) is 11.8 Å². The van der Waals surface area contributed by atoms with Crippen LogP contribution in [0, 0.1) is 0 Å². The average Bonchev–Trinajstić information content (AvgIpc) is 3.18. The fourth-order valence-electron chi connectivity index (χ4n) is 4.93. The number of carbonyl (C=O) groups excluding carboxylic acids is 3. The third-order valence-corrected chi connectivity index (χ3v) is 6.82. The Kier molecular flexibility index (Phi) is 4.89. The molecule has 3 aromatic rings. The minimum atomic E-state index is -0.703. The summed E-state index contributed by atoms with van der Waals surface area (Å²) in [6.45, 7) is 1.96. The maximum Gasteiger partial charge on any atom is 0.255 e. The molecule has 1 unspecified atom stereocenters. The number of nitrogens with one attached hydrogen (secondary N) is 2. The summed E-state index contributed by atoms with van der Waals surface area (Å²) in [4.78, 5) is 37.0. The molecule has 1 fully saturated rings. The van der Waals surface area contributed by atoms with Crippen molar-refractivity contribution in [3.63, 3.8) is 0 Å². The molecule has 1 aliphatic heterocycles. The lowest BCUT2D eigenvalue weighted by molar-refractivity contribution is -0.138. The molecule has 5 heteroatoms. The normalized spacial score (nSPS) is 19.2. The van der Waals surface area contributed by atoms with E-state index in [2.05, 4.69) is 22.8 Å². The molecule has 5 nitrogen and oxygen atoms in total. The molecule has 5 rings (SSSR count). The highest BCUT2D eigenvalue weighted by Gasteiger charge is 2.42. The van der Waals surface area contributed by atoms with Crippen molar-refractivity contribution in [3.05, 3.63) is 89.0 Å². The van der Waals surface area contributed by atoms with Crippen molar-refractivity contribution in [3.8, 4) is 11.1 Å². The second-order valence-corrected chi connectivity index (χ2v) is 8.55. The molecule has 0 spiro atoms. The summed E-state index contributed by atoms with van der Waals surface area (Å²) < 4.78 is 0. The number of rotatable bonds is 4. The molecular formula is C27H24N2O3. The Morgan fingerprint density at radius 3 is 2.47 bits per heavy atom. The predicted octanol–water partition coefficient (Wildman–Crippen LogP) is 4.59. The van der Waals surface area contributed by atoms with E-state index < -0.39 is 5.41 Å². The molecular weight excluding hydrogens is 400 g/mol. The van der Waals surface area contributed by atoms with Crippen LogP contribution in [0.4, 0.5) is 5.69 Å². The topological polar surface area (TPSA) is 75.3 Å². The first-order valence-electron chi connectivity index (χ1n) is 11.0. The van der Waals surface area contributed by atoms with E-state index in [-0.39, 0.29) is 17.7 Å². The van der Waals surface area contributed by atoms with Crippen LogP contribution in [0.25, 0.3) is 11.1 Å². The number of hydrogen-bond acceptors (Lipinski definition) is 3. The van der Waals surface area contributed by atoms with Gasteiger partial charge in [0.15, 0.2) is 0 Å². The standard InChI is InChI=1S/C27H24N2O3/c1-2-27(14-13-24(30)29-26(27)32)20-8-10-21(11-9-20)28-25(31)18-7-12-23-19(16-18)15-17-5-3-4-6-22(17)23/h3-12,16H,2,13-15H2,1H3,(H,28,31)(H,29,30,32). The number of fused-ring (bicyclic) bond motifs is 3. The van der Waals surface area contributed by atoms with Gasteiger partial charge in [-0.1, -0.05) is 49.4 Å². The number of carbonyl (C=O) groups is 3. The molecule has 160 valence electrons. The Bertz CT molecular complexity index is 1250. The summed E-state index contributed by atoms with van der Waals surface area (Å²) in [6, 6.07) is 21.5. The Labute approximate surface area is 186 Å². The van der Waals surface area contributed by atoms with Gasteiger partial charge in [-0.2, -0.15) is 0 Å². The second-order valence-electron chi connectivity index (χ2n) is 8.55. The van der Waals surface area contributed by atoms with E-state index in [1.807, 2.05) is 61.5 Å². The molecule has 32 heavy (non-hydrogen) atoms. The van der Waals surface area contributed by atoms with Crippen LogP contribution in [0.3, 0.4) is 0 Å². The third-order valence-electron chi connectivity index (χ3n) is 6.82. The van der Waals surface area contributed by atoms with Crippen LogP contribution < -0.4 is 10.6 Å². The third kappa shape index (κ3) is 3.30. The number of benzene rings is 3. The molecule has 0 saturated carbocycles. The van der Waals surface area contributed by atoms with Crippen molar-refractivity contribution in [1.82, 2.24) is 5.32 Å². The number of amides is 3. The van der Waals surface area contributed by atoms with Crippen molar-refractivity contribution >= 4 is 23.4 Å². The Morgan fingerprint density at radius 2 is 1.72 bits per heavy atom. The van der Waals surface area contributed by atoms with Gasteiger partial charge in [-0.25, -0.2) is 0 Å². The fourth-order valence-corrected chi connectivity index (χ4v) is 4.93. The van der Waals surface area contributed by atoms with Gasteiger partial charge in [0, 0.05) is 17.7 Å². The SMILES string of the molecule is CCC1(c2ccc(NC(=O)c3ccc4c(c3)Cc3ccccc3-4)cc2)CCC(=O)NC1=O. The summed E-state index contributed by atoms with van der Waals surface area (Å²) in [5.41, 5.74) is 6.32. The van der Waals surface area contributed by atoms with E-state index in [0.29, 0.717) is 30.5 Å². The fraction of sp³-hybridized carbons (Fsp3) is 0.222. The van der Waals surface area contributed by atoms with Crippen LogP contribution in [0.2, 0.25) is 0 Å². The van der Waals surface area contributed by atoms with Crippen molar-refractivity contribution in [2.45, 2.75) is 38.0 Å². The van der Waals surface area contributed by atoms with Gasteiger partial charge in [0.05, 0.1) is 5.41 Å². The molecule has 2 aliphatic rings. The van der Waals surface area contributed by atoms with Gasteiger partial charge in [-0.3, -0.25) is 19.7 Å². The number of imide groups is 1. The Morgan fingerprint density at radius 1 is 0.969 bits per heavy atom. The molecule has 0 bridgehead atoms. The van der Waals surface area contributed by atoms with E-state index >= 15 is 0 Å². The molecule has 1 saturated heterocycles. The lowest BCUT2D eigenvalue weighted by Crippen LogP contribution is -2.51. The van der Waals surface area contributed by atoms with E-state index in [1.54, 1.807) is 0 Å². The molecule has 1 aliphatic carbocycles. The minimum Gasteiger partial charge on any atom is -0.322 e. The zero-order chi connectivity index (χ0) is 22.3. The van der Waals surface area contributed by atoms with E-state index in [9.17, 15) is 14.4 Å². The maximum absolute atomic E-state index is 12.9. The Balaban J connectivity index is 1.33. The second kappa shape index (κ2) is 7.75. The van der Waals surface area contributed by atoms with Gasteiger partial charge >= 0.3 is 0 Å². The molecule has 1 atom stereocenters. The number of anilines is 1. The molecule has 0 aromatic heterocycles. The number of piperidine rings is 1. The molecule has 1 heterocycles. The molecule has 0 radical (unpaired) electrons. The summed E-state index contributed by atoms with van der Waals surface area (Å²) in [5.74, 6) is -0.629. The summed E-state index contributed by atoms with van der Waals surface area (Å²) in [7, 11) is 0. The maximum atomic E-state index is 12.9. The van der Waals surface area contributed by atoms with Gasteiger partial charge in [-0.15, -0.1) is 0 Å². The zero-order valence-electron chi connectivity index (χ0n) is 17.9. The van der Waals surface area contributed by atoms with Crippen LogP contribution >= 0.6 is 0 Å². The van der Waals surface area contributed by atoms with Crippen LogP contribution in [-0.2, 0) is 21.4 Å². The van der Waals surface area contributed by atoms with E-state index in [0.717, 1.165) is 17.5 Å². The van der Waals surface area contributed by atoms with Crippen molar-refractivity contribution < 1.29 is 14.4 Å². The van der Waals surface area contributed by atoms with Crippen LogP contribution in [0.15, 0.2) is 66.7 Å².